The topological polar surface area (TPSA) is 38.8 Å². The van der Waals surface area contributed by atoms with Gasteiger partial charge in [0.1, 0.15) is 0 Å². The van der Waals surface area contributed by atoms with Gasteiger partial charge in [-0.2, -0.15) is 0 Å². The fraction of sp³-hybridized carbons (Fsp3) is 0.929. The molecule has 2 rings (SSSR count). The van der Waals surface area contributed by atoms with Gasteiger partial charge in [-0.15, -0.1) is 0 Å². The van der Waals surface area contributed by atoms with E-state index in [1.54, 1.807) is 0 Å². The van der Waals surface area contributed by atoms with Gasteiger partial charge in [-0.1, -0.05) is 0 Å². The molecule has 19 heavy (non-hydrogen) atoms. The van der Waals surface area contributed by atoms with Gasteiger partial charge in [-0.25, -0.2) is 0 Å². The minimum Gasteiger partial charge on any atom is -0.344 e. The van der Waals surface area contributed by atoms with Gasteiger partial charge in [0, 0.05) is 46.3 Å². The third-order valence-corrected chi connectivity index (χ3v) is 4.25. The number of nitrogens with one attached hydrogen (secondary N) is 1. The lowest BCUT2D eigenvalue weighted by Crippen LogP contribution is -2.49. The Labute approximate surface area is 116 Å². The largest absolute Gasteiger partial charge is 0.344 e. The normalized spacial score (nSPS) is 26.3. The van der Waals surface area contributed by atoms with Gasteiger partial charge < -0.3 is 15.1 Å². The van der Waals surface area contributed by atoms with Crippen molar-refractivity contribution in [2.45, 2.75) is 12.8 Å². The molecule has 2 fully saturated rings. The zero-order valence-corrected chi connectivity index (χ0v) is 12.4. The van der Waals surface area contributed by atoms with Crippen LogP contribution in [0, 0.1) is 5.92 Å². The molecule has 0 aromatic rings. The van der Waals surface area contributed by atoms with Crippen molar-refractivity contribution in [3.8, 4) is 0 Å². The summed E-state index contributed by atoms with van der Waals surface area (Å²) in [7, 11) is 4.13. The molecule has 0 radical (unpaired) electrons. The first kappa shape index (κ1) is 14.8. The van der Waals surface area contributed by atoms with Crippen LogP contribution in [0.25, 0.3) is 0 Å². The summed E-state index contributed by atoms with van der Waals surface area (Å²) >= 11 is 0. The van der Waals surface area contributed by atoms with Crippen molar-refractivity contribution in [3.63, 3.8) is 0 Å². The van der Waals surface area contributed by atoms with Gasteiger partial charge >= 0.3 is 0 Å². The molecule has 1 atom stereocenters. The zero-order chi connectivity index (χ0) is 13.7. The van der Waals surface area contributed by atoms with Gasteiger partial charge in [0.15, 0.2) is 0 Å². The van der Waals surface area contributed by atoms with Crippen molar-refractivity contribution in [1.29, 1.82) is 0 Å². The maximum atomic E-state index is 12.2. The van der Waals surface area contributed by atoms with Crippen molar-refractivity contribution >= 4 is 5.91 Å². The number of likely N-dealkylation sites (N-methyl/N-ethyl adjacent to an activating group) is 1. The molecule has 0 spiro atoms. The number of piperazine rings is 1. The molecule has 0 bridgehead atoms. The first-order chi connectivity index (χ1) is 9.15. The number of carbonyl (C=O) groups is 1. The highest BCUT2D eigenvalue weighted by atomic mass is 16.2. The molecule has 0 aliphatic carbocycles. The summed E-state index contributed by atoms with van der Waals surface area (Å²) in [4.78, 5) is 18.8. The lowest BCUT2D eigenvalue weighted by atomic mass is 9.98. The Morgan fingerprint density at radius 1 is 1.32 bits per heavy atom. The molecule has 0 saturated carbocycles. The predicted molar refractivity (Wildman–Crippen MR) is 77.2 cm³/mol. The summed E-state index contributed by atoms with van der Waals surface area (Å²) in [5.41, 5.74) is 0. The molecular weight excluding hydrogens is 240 g/mol. The number of nitrogens with zero attached hydrogens (tertiary/aromatic N) is 3. The Hall–Kier alpha value is -0.650. The van der Waals surface area contributed by atoms with Gasteiger partial charge in [0.05, 0.1) is 6.54 Å². The Bertz CT molecular complexity index is 291. The molecule has 1 amide bonds. The van der Waals surface area contributed by atoms with Crippen LogP contribution in [0.15, 0.2) is 0 Å². The fourth-order valence-electron chi connectivity index (χ4n) is 3.09. The number of hydrogen-bond donors (Lipinski definition) is 1. The monoisotopic (exact) mass is 268 g/mol. The van der Waals surface area contributed by atoms with Crippen molar-refractivity contribution < 1.29 is 4.79 Å². The van der Waals surface area contributed by atoms with E-state index in [1.165, 1.54) is 19.4 Å². The lowest BCUT2D eigenvalue weighted by Gasteiger charge is -2.33. The Balaban J connectivity index is 1.72. The molecule has 1 N–H and O–H groups in total. The average molecular weight is 268 g/mol. The molecule has 110 valence electrons. The Morgan fingerprint density at radius 2 is 2.05 bits per heavy atom. The van der Waals surface area contributed by atoms with Crippen molar-refractivity contribution in [2.75, 3.05) is 66.5 Å². The SMILES string of the molecule is CN1CCCC(CN(C)C(=O)CN2CCNCC2)C1. The molecule has 0 aromatic carbocycles. The minimum atomic E-state index is 0.273. The van der Waals surface area contributed by atoms with Gasteiger partial charge in [0.2, 0.25) is 5.91 Å². The molecular formula is C14H28N4O. The lowest BCUT2D eigenvalue weighted by molar-refractivity contribution is -0.132. The van der Waals surface area contributed by atoms with Crippen LogP contribution >= 0.6 is 0 Å². The zero-order valence-electron chi connectivity index (χ0n) is 12.4. The quantitative estimate of drug-likeness (QED) is 0.759. The Kier molecular flexibility index (Phi) is 5.60. The number of rotatable bonds is 4. The van der Waals surface area contributed by atoms with Crippen LogP contribution < -0.4 is 5.32 Å². The summed E-state index contributed by atoms with van der Waals surface area (Å²) in [5.74, 6) is 0.922. The van der Waals surface area contributed by atoms with E-state index in [0.29, 0.717) is 12.5 Å². The number of likely N-dealkylation sites (tertiary alicyclic amines) is 1. The summed E-state index contributed by atoms with van der Waals surface area (Å²) in [6, 6.07) is 0. The number of piperidine rings is 1. The summed E-state index contributed by atoms with van der Waals surface area (Å²) < 4.78 is 0. The molecule has 5 nitrogen and oxygen atoms in total. The van der Waals surface area contributed by atoms with Crippen LogP contribution in [0.5, 0.6) is 0 Å². The van der Waals surface area contributed by atoms with E-state index < -0.39 is 0 Å². The van der Waals surface area contributed by atoms with E-state index in [9.17, 15) is 4.79 Å². The average Bonchev–Trinajstić information content (AvgIpc) is 2.40. The summed E-state index contributed by atoms with van der Waals surface area (Å²) in [6.07, 6.45) is 2.52. The van der Waals surface area contributed by atoms with E-state index in [4.69, 9.17) is 0 Å². The number of amides is 1. The van der Waals surface area contributed by atoms with Crippen molar-refractivity contribution in [2.24, 2.45) is 5.92 Å². The molecule has 2 heterocycles. The van der Waals surface area contributed by atoms with E-state index >= 15 is 0 Å². The third-order valence-electron chi connectivity index (χ3n) is 4.25. The van der Waals surface area contributed by atoms with Gasteiger partial charge in [0.25, 0.3) is 0 Å². The maximum absolute atomic E-state index is 12.2. The summed E-state index contributed by atoms with van der Waals surface area (Å²) in [6.45, 7) is 7.82. The van der Waals surface area contributed by atoms with Crippen LogP contribution in [0.2, 0.25) is 0 Å². The van der Waals surface area contributed by atoms with Crippen LogP contribution in [-0.4, -0.2) is 87.1 Å². The third kappa shape index (κ3) is 4.75. The highest BCUT2D eigenvalue weighted by molar-refractivity contribution is 5.78. The van der Waals surface area contributed by atoms with Crippen molar-refractivity contribution in [1.82, 2.24) is 20.0 Å². The smallest absolute Gasteiger partial charge is 0.236 e. The van der Waals surface area contributed by atoms with Crippen LogP contribution in [-0.2, 0) is 4.79 Å². The molecule has 2 aliphatic heterocycles. The first-order valence-electron chi connectivity index (χ1n) is 7.50. The van der Waals surface area contributed by atoms with Gasteiger partial charge in [-0.05, 0) is 32.4 Å². The van der Waals surface area contributed by atoms with Crippen LogP contribution in [0.3, 0.4) is 0 Å². The molecule has 1 unspecified atom stereocenters. The highest BCUT2D eigenvalue weighted by Gasteiger charge is 2.22. The van der Waals surface area contributed by atoms with E-state index in [-0.39, 0.29) is 5.91 Å². The molecule has 2 aliphatic rings. The number of hydrogen-bond acceptors (Lipinski definition) is 4. The van der Waals surface area contributed by atoms with Gasteiger partial charge in [-0.3, -0.25) is 9.69 Å². The molecule has 2 saturated heterocycles. The minimum absolute atomic E-state index is 0.273. The number of carbonyl (C=O) groups excluding carboxylic acids is 1. The second-order valence-corrected chi connectivity index (χ2v) is 6.07. The van der Waals surface area contributed by atoms with Crippen LogP contribution in [0.1, 0.15) is 12.8 Å². The van der Waals surface area contributed by atoms with E-state index in [2.05, 4.69) is 22.2 Å². The standard InChI is InChI=1S/C14H28N4O/c1-16-7-3-4-13(10-16)11-17(2)14(19)12-18-8-5-15-6-9-18/h13,15H,3-12H2,1-2H3. The second-order valence-electron chi connectivity index (χ2n) is 6.07. The second kappa shape index (κ2) is 7.22. The highest BCUT2D eigenvalue weighted by Crippen LogP contribution is 2.15. The fourth-order valence-corrected chi connectivity index (χ4v) is 3.09. The summed E-state index contributed by atoms with van der Waals surface area (Å²) in [5, 5.41) is 3.32. The predicted octanol–water partition coefficient (Wildman–Crippen LogP) is -0.308. The van der Waals surface area contributed by atoms with Crippen molar-refractivity contribution in [3.05, 3.63) is 0 Å². The first-order valence-corrected chi connectivity index (χ1v) is 7.50. The Morgan fingerprint density at radius 3 is 2.74 bits per heavy atom. The molecule has 0 aromatic heterocycles. The maximum Gasteiger partial charge on any atom is 0.236 e. The van der Waals surface area contributed by atoms with E-state index in [1.807, 2.05) is 11.9 Å². The van der Waals surface area contributed by atoms with Crippen LogP contribution in [0.4, 0.5) is 0 Å². The van der Waals surface area contributed by atoms with E-state index in [0.717, 1.165) is 39.3 Å². The molecule has 5 heteroatoms.